The molecule has 1 N–H and O–H groups in total. The number of nitrogens with one attached hydrogen (secondary N) is 1. The second-order valence-electron chi connectivity index (χ2n) is 8.35. The van der Waals surface area contributed by atoms with Gasteiger partial charge < -0.3 is 10.2 Å². The third kappa shape index (κ3) is 4.10. The molecule has 2 heterocycles. The zero-order chi connectivity index (χ0) is 23.0. The quantitative estimate of drug-likeness (QED) is 0.764. The van der Waals surface area contributed by atoms with Crippen molar-refractivity contribution in [3.63, 3.8) is 0 Å². The number of benzene rings is 2. The number of sulfonamides is 1. The van der Waals surface area contributed by atoms with Gasteiger partial charge in [0.2, 0.25) is 10.0 Å². The normalized spacial score (nSPS) is 17.5. The van der Waals surface area contributed by atoms with Gasteiger partial charge in [-0.3, -0.25) is 9.69 Å². The molecule has 170 valence electrons. The largest absolute Gasteiger partial charge is 0.336 e. The molecule has 0 radical (unpaired) electrons. The molecule has 8 nitrogen and oxygen atoms in total. The van der Waals surface area contributed by atoms with Crippen molar-refractivity contribution in [2.75, 3.05) is 44.2 Å². The van der Waals surface area contributed by atoms with Crippen molar-refractivity contribution in [1.29, 1.82) is 0 Å². The number of anilines is 1. The average Bonchev–Trinajstić information content (AvgIpc) is 3.18. The lowest BCUT2D eigenvalue weighted by Crippen LogP contribution is -2.50. The number of carbonyl (C=O) groups is 2. The van der Waals surface area contributed by atoms with Crippen LogP contribution in [0.1, 0.15) is 27.0 Å². The van der Waals surface area contributed by atoms with Gasteiger partial charge in [-0.25, -0.2) is 13.2 Å². The van der Waals surface area contributed by atoms with Gasteiger partial charge in [0.15, 0.2) is 0 Å². The summed E-state index contributed by atoms with van der Waals surface area (Å²) in [4.78, 5) is 28.6. The first kappa shape index (κ1) is 22.3. The van der Waals surface area contributed by atoms with Crippen molar-refractivity contribution >= 4 is 27.6 Å². The van der Waals surface area contributed by atoms with Crippen LogP contribution in [0.15, 0.2) is 41.3 Å². The van der Waals surface area contributed by atoms with Crippen LogP contribution in [-0.2, 0) is 10.0 Å². The highest BCUT2D eigenvalue weighted by molar-refractivity contribution is 7.89. The number of aryl methyl sites for hydroxylation is 3. The number of hydrogen-bond acceptors (Lipinski definition) is 4. The van der Waals surface area contributed by atoms with Crippen LogP contribution in [0.5, 0.6) is 0 Å². The molecule has 2 aromatic carbocycles. The Hall–Kier alpha value is -2.91. The molecule has 0 saturated carbocycles. The second-order valence-corrected chi connectivity index (χ2v) is 10.3. The zero-order valence-electron chi connectivity index (χ0n) is 18.6. The lowest BCUT2D eigenvalue weighted by Gasteiger charge is -2.34. The molecule has 0 atom stereocenters. The summed E-state index contributed by atoms with van der Waals surface area (Å²) >= 11 is 0. The Morgan fingerprint density at radius 3 is 2.22 bits per heavy atom. The van der Waals surface area contributed by atoms with Crippen molar-refractivity contribution in [2.45, 2.75) is 25.7 Å². The molecular weight excluding hydrogens is 428 g/mol. The molecule has 2 aliphatic heterocycles. The molecule has 9 heteroatoms. The smallest absolute Gasteiger partial charge is 0.322 e. The van der Waals surface area contributed by atoms with Gasteiger partial charge in [0.05, 0.1) is 4.90 Å². The van der Waals surface area contributed by atoms with E-state index in [0.717, 1.165) is 22.4 Å². The maximum absolute atomic E-state index is 13.1. The first-order valence-electron chi connectivity index (χ1n) is 10.7. The zero-order valence-corrected chi connectivity index (χ0v) is 19.4. The summed E-state index contributed by atoms with van der Waals surface area (Å²) in [5.41, 5.74) is 3.93. The van der Waals surface area contributed by atoms with Crippen molar-refractivity contribution in [3.05, 3.63) is 58.7 Å². The highest BCUT2D eigenvalue weighted by Crippen LogP contribution is 2.25. The van der Waals surface area contributed by atoms with E-state index in [4.69, 9.17) is 0 Å². The first-order valence-corrected chi connectivity index (χ1v) is 12.1. The van der Waals surface area contributed by atoms with E-state index in [1.165, 1.54) is 4.31 Å². The number of hydrogen-bond donors (Lipinski definition) is 1. The molecule has 2 aliphatic rings. The number of urea groups is 1. The Labute approximate surface area is 188 Å². The second kappa shape index (κ2) is 8.55. The SMILES string of the molecule is Cc1ccc(S(=O)(=O)N2CCN(C(=O)c3ccc(N4CCNC4=O)c(C)c3)CC2)c(C)c1. The van der Waals surface area contributed by atoms with Gasteiger partial charge in [-0.1, -0.05) is 17.7 Å². The van der Waals surface area contributed by atoms with Crippen LogP contribution in [0.3, 0.4) is 0 Å². The summed E-state index contributed by atoms with van der Waals surface area (Å²) in [5.74, 6) is -0.130. The van der Waals surface area contributed by atoms with Gasteiger partial charge in [0, 0.05) is 50.5 Å². The molecule has 2 aromatic rings. The molecular formula is C23H28N4O4S. The minimum absolute atomic E-state index is 0.130. The van der Waals surface area contributed by atoms with Gasteiger partial charge in [-0.2, -0.15) is 4.31 Å². The van der Waals surface area contributed by atoms with E-state index in [2.05, 4.69) is 5.32 Å². The molecule has 4 rings (SSSR count). The number of nitrogens with zero attached hydrogens (tertiary/aromatic N) is 3. The third-order valence-corrected chi connectivity index (χ3v) is 8.12. The maximum atomic E-state index is 13.1. The van der Waals surface area contributed by atoms with Crippen LogP contribution >= 0.6 is 0 Å². The summed E-state index contributed by atoms with van der Waals surface area (Å²) < 4.78 is 27.6. The van der Waals surface area contributed by atoms with Crippen LogP contribution in [0.25, 0.3) is 0 Å². The molecule has 0 unspecified atom stereocenters. The fraction of sp³-hybridized carbons (Fsp3) is 0.391. The molecule has 32 heavy (non-hydrogen) atoms. The monoisotopic (exact) mass is 456 g/mol. The Morgan fingerprint density at radius 2 is 1.62 bits per heavy atom. The summed E-state index contributed by atoms with van der Waals surface area (Å²) in [6.45, 7) is 8.00. The van der Waals surface area contributed by atoms with Crippen molar-refractivity contribution < 1.29 is 18.0 Å². The van der Waals surface area contributed by atoms with E-state index in [1.54, 1.807) is 47.1 Å². The van der Waals surface area contributed by atoms with Crippen LogP contribution in [0.4, 0.5) is 10.5 Å². The maximum Gasteiger partial charge on any atom is 0.322 e. The fourth-order valence-electron chi connectivity index (χ4n) is 4.33. The molecule has 0 spiro atoms. The van der Waals surface area contributed by atoms with Crippen LogP contribution in [0, 0.1) is 20.8 Å². The van der Waals surface area contributed by atoms with E-state index < -0.39 is 10.0 Å². The molecule has 2 fully saturated rings. The van der Waals surface area contributed by atoms with Crippen LogP contribution in [-0.4, -0.2) is 68.8 Å². The van der Waals surface area contributed by atoms with Crippen LogP contribution < -0.4 is 10.2 Å². The summed E-state index contributed by atoms with van der Waals surface area (Å²) in [6, 6.07) is 10.5. The molecule has 3 amide bonds. The van der Waals surface area contributed by atoms with Gasteiger partial charge in [-0.05, 0) is 56.2 Å². The summed E-state index contributed by atoms with van der Waals surface area (Å²) in [5, 5.41) is 2.78. The minimum Gasteiger partial charge on any atom is -0.336 e. The van der Waals surface area contributed by atoms with E-state index in [0.29, 0.717) is 36.6 Å². The minimum atomic E-state index is -3.60. The first-order chi connectivity index (χ1) is 15.2. The highest BCUT2D eigenvalue weighted by atomic mass is 32.2. The number of rotatable bonds is 4. The van der Waals surface area contributed by atoms with E-state index >= 15 is 0 Å². The lowest BCUT2D eigenvalue weighted by molar-refractivity contribution is 0.0698. The topological polar surface area (TPSA) is 90.0 Å². The Morgan fingerprint density at radius 1 is 0.906 bits per heavy atom. The highest BCUT2D eigenvalue weighted by Gasteiger charge is 2.31. The Bertz CT molecular complexity index is 1170. The standard InChI is InChI=1S/C23H28N4O4S/c1-16-4-7-21(18(3)14-16)32(30,31)26-12-10-25(11-13-26)22(28)19-5-6-20(17(2)15-19)27-9-8-24-23(27)29/h4-7,14-15H,8-13H2,1-3H3,(H,24,29). The number of piperazine rings is 1. The van der Waals surface area contributed by atoms with E-state index in [1.807, 2.05) is 19.9 Å². The molecule has 0 bridgehead atoms. The van der Waals surface area contributed by atoms with Crippen LogP contribution in [0.2, 0.25) is 0 Å². The van der Waals surface area contributed by atoms with Crippen molar-refractivity contribution in [1.82, 2.24) is 14.5 Å². The van der Waals surface area contributed by atoms with Gasteiger partial charge in [0.1, 0.15) is 0 Å². The van der Waals surface area contributed by atoms with Gasteiger partial charge in [0.25, 0.3) is 5.91 Å². The van der Waals surface area contributed by atoms with Gasteiger partial charge in [-0.15, -0.1) is 0 Å². The predicted octanol–water partition coefficient (Wildman–Crippen LogP) is 2.29. The number of carbonyl (C=O) groups excluding carboxylic acids is 2. The molecule has 0 aromatic heterocycles. The molecule has 2 saturated heterocycles. The predicted molar refractivity (Wildman–Crippen MR) is 123 cm³/mol. The average molecular weight is 457 g/mol. The van der Waals surface area contributed by atoms with Crippen molar-refractivity contribution in [2.24, 2.45) is 0 Å². The summed E-state index contributed by atoms with van der Waals surface area (Å²) in [6.07, 6.45) is 0. The van der Waals surface area contributed by atoms with Gasteiger partial charge >= 0.3 is 6.03 Å². The third-order valence-electron chi connectivity index (χ3n) is 6.07. The summed E-state index contributed by atoms with van der Waals surface area (Å²) in [7, 11) is -3.60. The Kier molecular flexibility index (Phi) is 5.96. The number of amides is 3. The Balaban J connectivity index is 1.44. The lowest BCUT2D eigenvalue weighted by atomic mass is 10.1. The van der Waals surface area contributed by atoms with Crippen molar-refractivity contribution in [3.8, 4) is 0 Å². The van der Waals surface area contributed by atoms with E-state index in [9.17, 15) is 18.0 Å². The molecule has 0 aliphatic carbocycles. The fourth-order valence-corrected chi connectivity index (χ4v) is 5.96. The van der Waals surface area contributed by atoms with E-state index in [-0.39, 0.29) is 25.0 Å².